The molecular formula is C85H97Cl4N25O4S. The number of nitrogens with one attached hydrogen (secondary N) is 3. The van der Waals surface area contributed by atoms with Crippen LogP contribution in [0, 0.1) is 131 Å². The molecule has 0 bridgehead atoms. The Morgan fingerprint density at radius 3 is 1.24 bits per heavy atom. The standard InChI is InChI=1S/C24H28N6.C15H16ClN5.C14H14ClN5.C10H11N3O2.C9H9N3O2.C9H13N.C4H2Cl2N2.H2S.H2/c1-14-10-16(3)20(12-15(14)2)26-24-25-9-8-23(27-24)29(6)22-13-21-19(11-17(22)4)18(5)30(7)28-21;1-9-7-11-10(2)21(4)19-12(11)8-13(9)20(3)14-5-6-17-15(16)18-14;1-8-6-10-9(2)20(3)19-12(10)7-11(8)17-13-4-5-16-14(15)18-13;1-6-4-8-7(2)12(3)11-9(8)5-10(6)13(14)15;1-5-3-7-6(2)10-11-8(7)4-9(5)12(13)14;1-6-4-8(3)9(10)5-7(6)2;5-3-1-2-7-4(6)8-3;;/h8-13H,1-7H3,(H,25,26,27);5-8H,1-4H3;4-7H,1-3H3,(H,16,17,18);4-5H,1-3H3;3-4H,1-2H3,(H,10,11);4-5H,10H2,1-3H3;1-2H;1H2;1H/i;;;;;;;;1+2. The average molecular weight is 1710 g/mol. The minimum atomic E-state index is -0.390. The number of aryl methyl sites for hydroxylation is 20. The summed E-state index contributed by atoms with van der Waals surface area (Å²) in [5, 5.41) is 59.1. The van der Waals surface area contributed by atoms with E-state index < -0.39 is 4.92 Å². The van der Waals surface area contributed by atoms with Gasteiger partial charge in [-0.25, -0.2) is 34.9 Å². The Hall–Kier alpha value is -12.5. The summed E-state index contributed by atoms with van der Waals surface area (Å²) in [4.78, 5) is 57.2. The number of aromatic amines is 1. The topological polar surface area (TPSA) is 346 Å². The predicted molar refractivity (Wildman–Crippen MR) is 489 cm³/mol. The molecule has 7 aromatic carbocycles. The molecule has 0 aliphatic heterocycles. The third-order valence-corrected chi connectivity index (χ3v) is 21.1. The van der Waals surface area contributed by atoms with Crippen molar-refractivity contribution < 1.29 is 11.3 Å². The number of anilines is 9. The number of nitro benzene ring substituents is 2. The number of nitrogens with zero attached hydrogens (tertiary/aromatic N) is 21. The van der Waals surface area contributed by atoms with Crippen molar-refractivity contribution in [2.75, 3.05) is 40.3 Å². The Labute approximate surface area is 717 Å². The number of aromatic nitrogens is 18. The number of hydrogen-bond donors (Lipinski definition) is 4. The molecule has 34 heteroatoms. The monoisotopic (exact) mass is 1710 g/mol. The van der Waals surface area contributed by atoms with E-state index in [4.69, 9.17) is 57.1 Å². The molecule has 16 rings (SSSR count). The Bertz CT molecular complexity index is 6400. The van der Waals surface area contributed by atoms with Gasteiger partial charge in [-0.3, -0.25) is 44.1 Å². The first-order valence-electron chi connectivity index (χ1n) is 37.1. The van der Waals surface area contributed by atoms with Crippen LogP contribution in [-0.4, -0.2) is 113 Å². The molecule has 0 saturated carbocycles. The molecule has 5 N–H and O–H groups in total. The van der Waals surface area contributed by atoms with E-state index in [1.165, 1.54) is 73.7 Å². The summed E-state index contributed by atoms with van der Waals surface area (Å²) in [6, 6.07) is 34.9. The normalized spacial score (nSPS) is 10.7. The van der Waals surface area contributed by atoms with Crippen molar-refractivity contribution >= 4 is 178 Å². The summed E-state index contributed by atoms with van der Waals surface area (Å²) >= 11 is 22.4. The summed E-state index contributed by atoms with van der Waals surface area (Å²) in [6.45, 7) is 32.3. The minimum Gasteiger partial charge on any atom is -0.399 e. The Balaban J connectivity index is 0.000000180. The summed E-state index contributed by atoms with van der Waals surface area (Å²) in [6.07, 6.45) is 6.56. The van der Waals surface area contributed by atoms with Gasteiger partial charge in [-0.05, 0) is 281 Å². The van der Waals surface area contributed by atoms with E-state index in [0.717, 1.165) is 107 Å². The number of hydrogen-bond acceptors (Lipinski definition) is 22. The number of halogens is 4. The first-order valence-corrected chi connectivity index (χ1v) is 38.6. The van der Waals surface area contributed by atoms with Gasteiger partial charge in [0.25, 0.3) is 11.4 Å². The molecule has 620 valence electrons. The van der Waals surface area contributed by atoms with Gasteiger partial charge in [-0.1, -0.05) is 23.7 Å². The van der Waals surface area contributed by atoms with Crippen LogP contribution >= 0.6 is 59.9 Å². The number of nitrogens with two attached hydrogens (primary N) is 1. The molecule has 0 atom stereocenters. The van der Waals surface area contributed by atoms with Crippen molar-refractivity contribution in [3.05, 3.63) is 265 Å². The smallest absolute Gasteiger partial charge is 0.274 e. The first kappa shape index (κ1) is 90.4. The van der Waals surface area contributed by atoms with Crippen molar-refractivity contribution in [3.63, 3.8) is 0 Å². The van der Waals surface area contributed by atoms with Crippen molar-refractivity contribution in [1.82, 2.24) is 89.2 Å². The zero-order chi connectivity index (χ0) is 86.2. The lowest BCUT2D eigenvalue weighted by molar-refractivity contribution is -0.385. The molecule has 16 aromatic rings. The van der Waals surface area contributed by atoms with Gasteiger partial charge in [-0.2, -0.15) is 44.0 Å². The van der Waals surface area contributed by atoms with Crippen molar-refractivity contribution in [2.24, 2.45) is 28.2 Å². The maximum atomic E-state index is 10.7. The van der Waals surface area contributed by atoms with Gasteiger partial charge in [0.15, 0.2) is 0 Å². The highest BCUT2D eigenvalue weighted by Gasteiger charge is 2.20. The Morgan fingerprint density at radius 2 is 0.782 bits per heavy atom. The highest BCUT2D eigenvalue weighted by molar-refractivity contribution is 7.59. The summed E-state index contributed by atoms with van der Waals surface area (Å²) < 4.78 is 7.44. The fourth-order valence-electron chi connectivity index (χ4n) is 12.8. The quantitative estimate of drug-likeness (QED) is 0.0325. The van der Waals surface area contributed by atoms with Crippen LogP contribution < -0.4 is 26.2 Å². The largest absolute Gasteiger partial charge is 0.399 e. The third-order valence-electron chi connectivity index (χ3n) is 20.4. The Morgan fingerprint density at radius 1 is 0.403 bits per heavy atom. The molecule has 0 radical (unpaired) electrons. The highest BCUT2D eigenvalue weighted by Crippen LogP contribution is 2.36. The van der Waals surface area contributed by atoms with E-state index in [1.807, 2.05) is 112 Å². The van der Waals surface area contributed by atoms with E-state index in [0.29, 0.717) is 39.1 Å². The maximum absolute atomic E-state index is 10.7. The number of nitro groups is 2. The molecule has 0 unspecified atom stereocenters. The molecule has 0 fully saturated rings. The van der Waals surface area contributed by atoms with Crippen LogP contribution in [0.2, 0.25) is 21.0 Å². The van der Waals surface area contributed by atoms with Gasteiger partial charge < -0.3 is 26.2 Å². The zero-order valence-electron chi connectivity index (χ0n) is 70.3. The number of rotatable bonds is 10. The molecular weight excluding hydrogens is 1610 g/mol. The summed E-state index contributed by atoms with van der Waals surface area (Å²) in [5.41, 5.74) is 32.8. The molecule has 0 spiro atoms. The van der Waals surface area contributed by atoms with Crippen LogP contribution in [0.25, 0.3) is 54.5 Å². The van der Waals surface area contributed by atoms with E-state index in [9.17, 15) is 20.2 Å². The molecule has 0 aliphatic carbocycles. The fourth-order valence-corrected chi connectivity index (χ4v) is 13.4. The Kier molecular flexibility index (Phi) is 29.4. The maximum Gasteiger partial charge on any atom is 0.274 e. The second-order valence-electron chi connectivity index (χ2n) is 28.7. The van der Waals surface area contributed by atoms with Crippen LogP contribution in [0.3, 0.4) is 0 Å². The summed E-state index contributed by atoms with van der Waals surface area (Å²) in [5.74, 6) is 2.83. The molecule has 0 amide bonds. The van der Waals surface area contributed by atoms with Gasteiger partial charge in [0.2, 0.25) is 21.8 Å². The fraction of sp³-hybridized carbons (Fsp3) is 0.259. The highest BCUT2D eigenvalue weighted by atomic mass is 35.5. The van der Waals surface area contributed by atoms with Gasteiger partial charge in [-0.15, -0.1) is 0 Å². The van der Waals surface area contributed by atoms with Crippen LogP contribution in [0.5, 0.6) is 0 Å². The van der Waals surface area contributed by atoms with Crippen LogP contribution in [-0.2, 0) is 28.2 Å². The molecule has 29 nitrogen and oxygen atoms in total. The van der Waals surface area contributed by atoms with Crippen LogP contribution in [0.1, 0.15) is 91.1 Å². The van der Waals surface area contributed by atoms with Gasteiger partial charge in [0.05, 0.1) is 37.4 Å². The number of H-pyrrole nitrogens is 1. The van der Waals surface area contributed by atoms with Crippen LogP contribution in [0.4, 0.5) is 63.2 Å². The lowest BCUT2D eigenvalue weighted by Gasteiger charge is -2.21. The second kappa shape index (κ2) is 38.7. The molecule has 0 saturated heterocycles. The first-order chi connectivity index (χ1) is 55.7. The third kappa shape index (κ3) is 21.7. The number of benzene rings is 7. The van der Waals surface area contributed by atoms with E-state index in [1.54, 1.807) is 55.3 Å². The van der Waals surface area contributed by atoms with Crippen LogP contribution in [0.15, 0.2) is 134 Å². The van der Waals surface area contributed by atoms with Crippen molar-refractivity contribution in [3.8, 4) is 0 Å². The SMILES string of the molecule is Cc1cc(C)c(N)cc1C.Cc1cc(C)c(Nc2nccc(N(C)c3cc4nn(C)c(C)c4cc3C)n2)cc1C.Cc1cc2c(C)[nH]nc2cc1[N+](=O)[O-].Cc1cc2c(C)n(C)nc2cc1N(C)c1ccnc(Cl)n1.Cc1cc2c(C)n(C)nc2cc1Nc1ccnc(Cl)n1.Cc1cc2c(C)n(C)nc2cc1[N+](=O)[O-].Clc1ccnc(Cl)n1.S.[3HH]. The second-order valence-corrected chi connectivity index (χ2v) is 30.1. The molecule has 9 aromatic heterocycles. The van der Waals surface area contributed by atoms with Gasteiger partial charge >= 0.3 is 0 Å². The van der Waals surface area contributed by atoms with E-state index in [-0.39, 0.29) is 47.1 Å². The van der Waals surface area contributed by atoms with Crippen molar-refractivity contribution in [2.45, 2.75) is 111 Å². The molecule has 119 heavy (non-hydrogen) atoms. The van der Waals surface area contributed by atoms with E-state index >= 15 is 0 Å². The van der Waals surface area contributed by atoms with Gasteiger partial charge in [0.1, 0.15) is 22.6 Å². The van der Waals surface area contributed by atoms with Crippen molar-refractivity contribution in [1.29, 1.82) is 0 Å². The number of nitrogen functional groups attached to an aromatic ring is 1. The lowest BCUT2D eigenvalue weighted by Crippen LogP contribution is -2.13. The average Bonchev–Trinajstić information content (AvgIpc) is 1.70. The predicted octanol–water partition coefficient (Wildman–Crippen LogP) is 20.7. The molecule has 0 aliphatic rings. The number of fused-ring (bicyclic) bond motifs is 5. The lowest BCUT2D eigenvalue weighted by atomic mass is 10.1. The molecule has 9 heterocycles. The van der Waals surface area contributed by atoms with E-state index in [2.05, 4.69) is 206 Å². The minimum absolute atomic E-state index is 0. The van der Waals surface area contributed by atoms with Gasteiger partial charge in [0, 0.05) is 176 Å². The zero-order valence-corrected chi connectivity index (χ0v) is 74.3. The summed E-state index contributed by atoms with van der Waals surface area (Å²) in [7, 11) is 11.7.